The number of halogens is 1. The second-order valence-electron chi connectivity index (χ2n) is 8.84. The zero-order valence-corrected chi connectivity index (χ0v) is 21.3. The largest absolute Gasteiger partial charge is 0.496 e. The Labute approximate surface area is 211 Å². The van der Waals surface area contributed by atoms with E-state index in [1.54, 1.807) is 31.8 Å². The Morgan fingerprint density at radius 2 is 1.69 bits per heavy atom. The van der Waals surface area contributed by atoms with Gasteiger partial charge >= 0.3 is 0 Å². The SMILES string of the molecule is CCc1c(OC)cc(OC)c(F)c1COc1cnc(Nc2ccc(N3C[C@@H](C)N[C@@H](C)C3)nc2)nc1. The smallest absolute Gasteiger partial charge is 0.227 e. The Morgan fingerprint density at radius 3 is 2.28 bits per heavy atom. The molecule has 9 nitrogen and oxygen atoms in total. The lowest BCUT2D eigenvalue weighted by atomic mass is 10.0. The number of rotatable bonds is 9. The summed E-state index contributed by atoms with van der Waals surface area (Å²) in [7, 11) is 2.97. The molecule has 10 heteroatoms. The van der Waals surface area contributed by atoms with Crippen molar-refractivity contribution in [2.45, 2.75) is 45.9 Å². The van der Waals surface area contributed by atoms with Crippen molar-refractivity contribution < 1.29 is 18.6 Å². The van der Waals surface area contributed by atoms with Gasteiger partial charge in [0.05, 0.1) is 38.5 Å². The van der Waals surface area contributed by atoms with Gasteiger partial charge in [0.2, 0.25) is 5.95 Å². The van der Waals surface area contributed by atoms with Crippen LogP contribution >= 0.6 is 0 Å². The third kappa shape index (κ3) is 5.76. The first-order chi connectivity index (χ1) is 17.4. The van der Waals surface area contributed by atoms with Crippen LogP contribution in [0.3, 0.4) is 0 Å². The minimum Gasteiger partial charge on any atom is -0.496 e. The summed E-state index contributed by atoms with van der Waals surface area (Å²) in [5, 5.41) is 6.67. The standard InChI is InChI=1S/C26H33FN6O3/c1-6-20-21(25(27)23(35-5)9-22(20)34-4)15-36-19-11-29-26(30-12-19)32-18-7-8-24(28-10-18)33-13-16(2)31-17(3)14-33/h7-12,16-17,31H,6,13-15H2,1-5H3,(H,29,30,32)/t16-,17+. The van der Waals surface area contributed by atoms with Gasteiger partial charge in [-0.1, -0.05) is 6.92 Å². The Kier molecular flexibility index (Phi) is 8.04. The van der Waals surface area contributed by atoms with Crippen molar-refractivity contribution in [3.8, 4) is 17.2 Å². The molecule has 3 heterocycles. The number of aromatic nitrogens is 3. The molecule has 1 aliphatic heterocycles. The Hall–Kier alpha value is -3.66. The highest BCUT2D eigenvalue weighted by Gasteiger charge is 2.22. The van der Waals surface area contributed by atoms with E-state index in [0.717, 1.165) is 30.2 Å². The average molecular weight is 497 g/mol. The molecule has 2 N–H and O–H groups in total. The van der Waals surface area contributed by atoms with E-state index in [1.165, 1.54) is 7.11 Å². The molecule has 1 saturated heterocycles. The molecule has 0 radical (unpaired) electrons. The van der Waals surface area contributed by atoms with Crippen LogP contribution in [0.4, 0.5) is 21.8 Å². The lowest BCUT2D eigenvalue weighted by Crippen LogP contribution is -2.54. The molecule has 0 unspecified atom stereocenters. The summed E-state index contributed by atoms with van der Waals surface area (Å²) in [6.07, 6.45) is 5.44. The van der Waals surface area contributed by atoms with Crippen LogP contribution in [0.2, 0.25) is 0 Å². The van der Waals surface area contributed by atoms with Crippen LogP contribution in [0, 0.1) is 5.82 Å². The summed E-state index contributed by atoms with van der Waals surface area (Å²) in [6.45, 7) is 8.12. The van der Waals surface area contributed by atoms with Crippen molar-refractivity contribution in [1.82, 2.24) is 20.3 Å². The summed E-state index contributed by atoms with van der Waals surface area (Å²) in [5.41, 5.74) is 1.90. The van der Waals surface area contributed by atoms with Crippen molar-refractivity contribution in [3.05, 3.63) is 53.7 Å². The number of hydrogen-bond donors (Lipinski definition) is 2. The van der Waals surface area contributed by atoms with E-state index < -0.39 is 5.82 Å². The van der Waals surface area contributed by atoms with Gasteiger partial charge in [0.1, 0.15) is 18.2 Å². The number of benzene rings is 1. The first kappa shape index (κ1) is 25.4. The van der Waals surface area contributed by atoms with Gasteiger partial charge in [-0.15, -0.1) is 0 Å². The van der Waals surface area contributed by atoms with E-state index in [9.17, 15) is 4.39 Å². The molecule has 192 valence electrons. The van der Waals surface area contributed by atoms with Gasteiger partial charge < -0.3 is 29.7 Å². The lowest BCUT2D eigenvalue weighted by molar-refractivity contribution is 0.289. The zero-order valence-electron chi connectivity index (χ0n) is 21.3. The summed E-state index contributed by atoms with van der Waals surface area (Å²) >= 11 is 0. The van der Waals surface area contributed by atoms with Gasteiger partial charge in [0, 0.05) is 42.4 Å². The number of methoxy groups -OCH3 is 2. The number of hydrogen-bond acceptors (Lipinski definition) is 9. The minimum absolute atomic E-state index is 0.00661. The minimum atomic E-state index is -0.463. The van der Waals surface area contributed by atoms with E-state index in [2.05, 4.69) is 44.3 Å². The first-order valence-electron chi connectivity index (χ1n) is 12.0. The highest BCUT2D eigenvalue weighted by atomic mass is 19.1. The number of piperazine rings is 1. The molecule has 1 aromatic carbocycles. The molecule has 2 aromatic heterocycles. The molecule has 1 fully saturated rings. The van der Waals surface area contributed by atoms with Crippen molar-refractivity contribution >= 4 is 17.5 Å². The fourth-order valence-electron chi connectivity index (χ4n) is 4.47. The lowest BCUT2D eigenvalue weighted by Gasteiger charge is -2.36. The van der Waals surface area contributed by atoms with Crippen LogP contribution in [-0.4, -0.2) is 54.3 Å². The number of ether oxygens (including phenoxy) is 3. The van der Waals surface area contributed by atoms with Crippen LogP contribution in [-0.2, 0) is 13.0 Å². The number of nitrogens with zero attached hydrogens (tertiary/aromatic N) is 4. The summed E-state index contributed by atoms with van der Waals surface area (Å²) < 4.78 is 31.3. The Morgan fingerprint density at radius 1 is 1.00 bits per heavy atom. The molecule has 3 aromatic rings. The molecule has 0 aliphatic carbocycles. The van der Waals surface area contributed by atoms with Crippen molar-refractivity contribution in [2.75, 3.05) is 37.5 Å². The maximum Gasteiger partial charge on any atom is 0.227 e. The molecular weight excluding hydrogens is 463 g/mol. The molecule has 2 atom stereocenters. The third-order valence-corrected chi connectivity index (χ3v) is 6.10. The molecule has 4 rings (SSSR count). The normalized spacial score (nSPS) is 17.6. The van der Waals surface area contributed by atoms with E-state index >= 15 is 0 Å². The van der Waals surface area contributed by atoms with E-state index in [0.29, 0.717) is 41.5 Å². The monoisotopic (exact) mass is 496 g/mol. The predicted molar refractivity (Wildman–Crippen MR) is 137 cm³/mol. The molecule has 0 amide bonds. The van der Waals surface area contributed by atoms with E-state index in [-0.39, 0.29) is 12.4 Å². The van der Waals surface area contributed by atoms with Gasteiger partial charge in [0.25, 0.3) is 0 Å². The molecule has 36 heavy (non-hydrogen) atoms. The maximum absolute atomic E-state index is 14.9. The fraction of sp³-hybridized carbons (Fsp3) is 0.423. The molecule has 0 saturated carbocycles. The second-order valence-corrected chi connectivity index (χ2v) is 8.84. The quantitative estimate of drug-likeness (QED) is 0.454. The number of anilines is 3. The van der Waals surface area contributed by atoms with Crippen molar-refractivity contribution in [3.63, 3.8) is 0 Å². The summed E-state index contributed by atoms with van der Waals surface area (Å²) in [6, 6.07) is 6.33. The Bertz CT molecular complexity index is 1150. The maximum atomic E-state index is 14.9. The fourth-order valence-corrected chi connectivity index (χ4v) is 4.47. The summed E-state index contributed by atoms with van der Waals surface area (Å²) in [4.78, 5) is 15.5. The average Bonchev–Trinajstić information content (AvgIpc) is 2.88. The van der Waals surface area contributed by atoms with Gasteiger partial charge in [0.15, 0.2) is 17.3 Å². The van der Waals surface area contributed by atoms with E-state index in [4.69, 9.17) is 14.2 Å². The first-order valence-corrected chi connectivity index (χ1v) is 12.0. The van der Waals surface area contributed by atoms with Crippen LogP contribution < -0.4 is 29.7 Å². The number of pyridine rings is 1. The van der Waals surface area contributed by atoms with Crippen LogP contribution in [0.1, 0.15) is 31.9 Å². The molecule has 0 bridgehead atoms. The zero-order chi connectivity index (χ0) is 25.7. The predicted octanol–water partition coefficient (Wildman–Crippen LogP) is 4.10. The van der Waals surface area contributed by atoms with Gasteiger partial charge in [-0.2, -0.15) is 0 Å². The molecular formula is C26H33FN6O3. The topological polar surface area (TPSA) is 93.7 Å². The number of nitrogens with one attached hydrogen (secondary N) is 2. The van der Waals surface area contributed by atoms with Crippen molar-refractivity contribution in [1.29, 1.82) is 0 Å². The van der Waals surface area contributed by atoms with Gasteiger partial charge in [-0.25, -0.2) is 19.3 Å². The Balaban J connectivity index is 1.39. The molecule has 1 aliphatic rings. The van der Waals surface area contributed by atoms with Crippen LogP contribution in [0.5, 0.6) is 17.2 Å². The van der Waals surface area contributed by atoms with Crippen LogP contribution in [0.25, 0.3) is 0 Å². The highest BCUT2D eigenvalue weighted by molar-refractivity contribution is 5.55. The third-order valence-electron chi connectivity index (χ3n) is 6.10. The molecule has 0 spiro atoms. The van der Waals surface area contributed by atoms with Gasteiger partial charge in [-0.05, 0) is 32.4 Å². The van der Waals surface area contributed by atoms with Gasteiger partial charge in [-0.3, -0.25) is 0 Å². The highest BCUT2D eigenvalue weighted by Crippen LogP contribution is 2.33. The second kappa shape index (κ2) is 11.4. The van der Waals surface area contributed by atoms with E-state index in [1.807, 2.05) is 19.1 Å². The van der Waals surface area contributed by atoms with Crippen LogP contribution in [0.15, 0.2) is 36.8 Å². The van der Waals surface area contributed by atoms with Crippen molar-refractivity contribution in [2.24, 2.45) is 0 Å². The summed E-state index contributed by atoms with van der Waals surface area (Å²) in [5.74, 6) is 1.97.